The topological polar surface area (TPSA) is 92.8 Å². The highest BCUT2D eigenvalue weighted by molar-refractivity contribution is 6.08. The van der Waals surface area contributed by atoms with Crippen molar-refractivity contribution in [2.75, 3.05) is 11.9 Å². The number of carbonyl (C=O) groups excluding carboxylic acids is 4. The molecule has 1 saturated heterocycles. The molecular formula is C23H25F3N2O5. The Bertz CT molecular complexity index is 965. The van der Waals surface area contributed by atoms with E-state index in [2.05, 4.69) is 5.32 Å². The van der Waals surface area contributed by atoms with E-state index in [1.54, 1.807) is 13.8 Å². The van der Waals surface area contributed by atoms with Crippen LogP contribution in [0.3, 0.4) is 0 Å². The summed E-state index contributed by atoms with van der Waals surface area (Å²) in [6, 6.07) is 3.25. The number of fused-ring (bicyclic) bond motifs is 5. The van der Waals surface area contributed by atoms with Crippen LogP contribution in [0.1, 0.15) is 38.7 Å². The van der Waals surface area contributed by atoms with E-state index in [-0.39, 0.29) is 23.7 Å². The van der Waals surface area contributed by atoms with Crippen molar-refractivity contribution in [2.24, 2.45) is 29.6 Å². The van der Waals surface area contributed by atoms with Crippen LogP contribution in [0.15, 0.2) is 24.3 Å². The lowest BCUT2D eigenvalue weighted by molar-refractivity contribution is -0.162. The largest absolute Gasteiger partial charge is 0.454 e. The van der Waals surface area contributed by atoms with Gasteiger partial charge in [0.05, 0.1) is 23.1 Å². The number of hydrogen-bond acceptors (Lipinski definition) is 5. The van der Waals surface area contributed by atoms with Crippen molar-refractivity contribution in [1.82, 2.24) is 4.90 Å². The van der Waals surface area contributed by atoms with Gasteiger partial charge in [0.25, 0.3) is 5.91 Å². The summed E-state index contributed by atoms with van der Waals surface area (Å²) in [4.78, 5) is 52.1. The molecule has 1 heterocycles. The second kappa shape index (κ2) is 8.46. The third-order valence-electron chi connectivity index (χ3n) is 6.96. The third-order valence-corrected chi connectivity index (χ3v) is 6.96. The number of benzene rings is 1. The first-order valence-corrected chi connectivity index (χ1v) is 11.0. The number of anilines is 1. The van der Waals surface area contributed by atoms with Gasteiger partial charge < -0.3 is 10.1 Å². The Hall–Kier alpha value is -2.91. The number of nitrogens with one attached hydrogen (secondary N) is 1. The minimum atomic E-state index is -4.67. The molecule has 2 aliphatic carbocycles. The number of imide groups is 1. The molecule has 1 aromatic rings. The number of carbonyl (C=O) groups is 4. The molecule has 0 spiro atoms. The van der Waals surface area contributed by atoms with Crippen molar-refractivity contribution in [3.63, 3.8) is 0 Å². The number of halogens is 3. The van der Waals surface area contributed by atoms with Gasteiger partial charge in [-0.25, -0.2) is 4.79 Å². The van der Waals surface area contributed by atoms with Crippen LogP contribution < -0.4 is 5.32 Å². The number of hydrogen-bond donors (Lipinski definition) is 1. The van der Waals surface area contributed by atoms with Crippen molar-refractivity contribution >= 4 is 29.4 Å². The van der Waals surface area contributed by atoms with Crippen molar-refractivity contribution in [1.29, 1.82) is 0 Å². The molecular weight excluding hydrogens is 441 g/mol. The molecule has 1 N–H and O–H groups in total. The predicted molar refractivity (Wildman–Crippen MR) is 109 cm³/mol. The maximum Gasteiger partial charge on any atom is 0.418 e. The van der Waals surface area contributed by atoms with E-state index in [1.807, 2.05) is 0 Å². The van der Waals surface area contributed by atoms with Gasteiger partial charge in [0.1, 0.15) is 6.04 Å². The van der Waals surface area contributed by atoms with Gasteiger partial charge in [0.2, 0.25) is 11.8 Å². The molecule has 10 heteroatoms. The Kier molecular flexibility index (Phi) is 5.96. The lowest BCUT2D eigenvalue weighted by atomic mass is 9.81. The Labute approximate surface area is 188 Å². The second-order valence-corrected chi connectivity index (χ2v) is 9.32. The molecule has 1 aromatic carbocycles. The van der Waals surface area contributed by atoms with Gasteiger partial charge in [-0.15, -0.1) is 0 Å². The number of alkyl halides is 3. The normalized spacial score (nSPS) is 27.2. The molecule has 3 amide bonds. The summed E-state index contributed by atoms with van der Waals surface area (Å²) >= 11 is 0. The summed E-state index contributed by atoms with van der Waals surface area (Å²) < 4.78 is 44.4. The van der Waals surface area contributed by atoms with E-state index in [4.69, 9.17) is 4.74 Å². The highest BCUT2D eigenvalue weighted by atomic mass is 19.4. The molecule has 2 bridgehead atoms. The Morgan fingerprint density at radius 2 is 1.67 bits per heavy atom. The number of rotatable bonds is 6. The van der Waals surface area contributed by atoms with E-state index < -0.39 is 59.7 Å². The fourth-order valence-corrected chi connectivity index (χ4v) is 5.63. The van der Waals surface area contributed by atoms with Crippen molar-refractivity contribution in [3.8, 4) is 0 Å². The Balaban J connectivity index is 1.43. The van der Waals surface area contributed by atoms with E-state index >= 15 is 0 Å². The van der Waals surface area contributed by atoms with Crippen LogP contribution in [0.25, 0.3) is 0 Å². The SMILES string of the molecule is CC(C)[C@H](C(=O)OCC(=O)Nc1ccccc1C(F)(F)F)N1C(=O)[C@H]2[C@H]3CC[C@@H](C3)[C@@H]2C1=O. The third kappa shape index (κ3) is 4.11. The van der Waals surface area contributed by atoms with Crippen LogP contribution in [-0.4, -0.2) is 41.2 Å². The summed E-state index contributed by atoms with van der Waals surface area (Å²) in [6.45, 7) is 2.48. The number of esters is 1. The molecule has 0 radical (unpaired) electrons. The van der Waals surface area contributed by atoms with Crippen LogP contribution in [0.5, 0.6) is 0 Å². The molecule has 2 saturated carbocycles. The van der Waals surface area contributed by atoms with Gasteiger partial charge in [-0.3, -0.25) is 19.3 Å². The first-order chi connectivity index (χ1) is 15.5. The highest BCUT2D eigenvalue weighted by Gasteiger charge is 2.62. The molecule has 33 heavy (non-hydrogen) atoms. The molecule has 1 aliphatic heterocycles. The summed E-state index contributed by atoms with van der Waals surface area (Å²) in [5.74, 6) is -3.56. The van der Waals surface area contributed by atoms with Crippen LogP contribution in [0, 0.1) is 29.6 Å². The van der Waals surface area contributed by atoms with E-state index in [0.29, 0.717) is 0 Å². The van der Waals surface area contributed by atoms with E-state index in [1.165, 1.54) is 12.1 Å². The van der Waals surface area contributed by atoms with Gasteiger partial charge in [-0.05, 0) is 49.1 Å². The second-order valence-electron chi connectivity index (χ2n) is 9.32. The number of ether oxygens (including phenoxy) is 1. The van der Waals surface area contributed by atoms with Crippen molar-refractivity contribution < 1.29 is 37.1 Å². The van der Waals surface area contributed by atoms with Gasteiger partial charge >= 0.3 is 12.1 Å². The minimum Gasteiger partial charge on any atom is -0.454 e. The zero-order valence-electron chi connectivity index (χ0n) is 18.2. The van der Waals surface area contributed by atoms with Gasteiger partial charge in [0.15, 0.2) is 6.61 Å². The zero-order valence-corrected chi connectivity index (χ0v) is 18.2. The number of likely N-dealkylation sites (tertiary alicyclic amines) is 1. The first-order valence-electron chi connectivity index (χ1n) is 11.0. The first kappa shape index (κ1) is 23.3. The maximum absolute atomic E-state index is 13.1. The van der Waals surface area contributed by atoms with Gasteiger partial charge in [-0.1, -0.05) is 26.0 Å². The molecule has 7 nitrogen and oxygen atoms in total. The average Bonchev–Trinajstić information content (AvgIpc) is 3.42. The van der Waals surface area contributed by atoms with Crippen LogP contribution in [0.2, 0.25) is 0 Å². The molecule has 5 atom stereocenters. The highest BCUT2D eigenvalue weighted by Crippen LogP contribution is 2.56. The summed E-state index contributed by atoms with van der Waals surface area (Å²) in [7, 11) is 0. The van der Waals surface area contributed by atoms with Crippen LogP contribution in [0.4, 0.5) is 18.9 Å². The Morgan fingerprint density at radius 1 is 1.09 bits per heavy atom. The maximum atomic E-state index is 13.1. The minimum absolute atomic E-state index is 0.157. The average molecular weight is 466 g/mol. The fraction of sp³-hybridized carbons (Fsp3) is 0.565. The summed E-state index contributed by atoms with van der Waals surface area (Å²) in [5, 5.41) is 2.10. The number of amides is 3. The van der Waals surface area contributed by atoms with Gasteiger partial charge in [-0.2, -0.15) is 13.2 Å². The lowest BCUT2D eigenvalue weighted by Gasteiger charge is -2.28. The monoisotopic (exact) mass is 466 g/mol. The van der Waals surface area contributed by atoms with Crippen LogP contribution >= 0.6 is 0 Å². The smallest absolute Gasteiger partial charge is 0.418 e. The standard InChI is InChI=1S/C23H25F3N2O5/c1-11(2)19(28-20(30)17-12-7-8-13(9-12)18(17)21(28)31)22(32)33-10-16(29)27-15-6-4-3-5-14(15)23(24,25)26/h3-6,11-13,17-19H,7-10H2,1-2H3,(H,27,29)/t12-,13-,17-,18-,19+/m0/s1. The summed E-state index contributed by atoms with van der Waals surface area (Å²) in [6.07, 6.45) is -2.02. The van der Waals surface area contributed by atoms with Gasteiger partial charge in [0, 0.05) is 0 Å². The molecule has 3 aliphatic rings. The number of para-hydroxylation sites is 1. The Morgan fingerprint density at radius 3 is 2.21 bits per heavy atom. The quantitative estimate of drug-likeness (QED) is 0.513. The molecule has 178 valence electrons. The lowest BCUT2D eigenvalue weighted by Crippen LogP contribution is -2.50. The molecule has 3 fully saturated rings. The molecule has 4 rings (SSSR count). The van der Waals surface area contributed by atoms with E-state index in [9.17, 15) is 32.3 Å². The van der Waals surface area contributed by atoms with Crippen molar-refractivity contribution in [2.45, 2.75) is 45.3 Å². The molecule has 0 unspecified atom stereocenters. The van der Waals surface area contributed by atoms with E-state index in [0.717, 1.165) is 36.3 Å². The molecule has 0 aromatic heterocycles. The fourth-order valence-electron chi connectivity index (χ4n) is 5.63. The van der Waals surface area contributed by atoms with Crippen LogP contribution in [-0.2, 0) is 30.1 Å². The summed E-state index contributed by atoms with van der Waals surface area (Å²) in [5.41, 5.74) is -1.49. The number of nitrogens with zero attached hydrogens (tertiary/aromatic N) is 1. The van der Waals surface area contributed by atoms with Crippen molar-refractivity contribution in [3.05, 3.63) is 29.8 Å². The zero-order chi connectivity index (χ0) is 24.1. The predicted octanol–water partition coefficient (Wildman–Crippen LogP) is 3.24.